The lowest BCUT2D eigenvalue weighted by molar-refractivity contribution is -0.143. The summed E-state index contributed by atoms with van der Waals surface area (Å²) in [6.45, 7) is 2.12. The van der Waals surface area contributed by atoms with Crippen molar-refractivity contribution < 1.29 is 39.3 Å². The molecule has 0 saturated heterocycles. The number of hydrogen-bond donors (Lipinski definition) is 1. The summed E-state index contributed by atoms with van der Waals surface area (Å²) >= 11 is 0. The van der Waals surface area contributed by atoms with Gasteiger partial charge < -0.3 is 0 Å². The number of benzene rings is 1. The second-order valence-electron chi connectivity index (χ2n) is 4.19. The van der Waals surface area contributed by atoms with E-state index in [-0.39, 0.29) is 0 Å². The highest BCUT2D eigenvalue weighted by Crippen LogP contribution is 2.40. The van der Waals surface area contributed by atoms with E-state index in [1.165, 1.54) is 0 Å². The summed E-state index contributed by atoms with van der Waals surface area (Å²) in [4.78, 5) is -1.82. The average Bonchev–Trinajstić information content (AvgIpc) is 2.18. The molecule has 0 bridgehead atoms. The molecule has 0 unspecified atom stereocenters. The summed E-state index contributed by atoms with van der Waals surface area (Å²) in [6.07, 6.45) is -5.56. The molecular weight excluding hydrogens is 314 g/mol. The van der Waals surface area contributed by atoms with Crippen molar-refractivity contribution in [2.45, 2.75) is 30.8 Å². The molecule has 114 valence electrons. The molecule has 1 aromatic carbocycles. The summed E-state index contributed by atoms with van der Waals surface area (Å²) < 4.78 is 109. The van der Waals surface area contributed by atoms with Gasteiger partial charge in [0.1, 0.15) is 16.3 Å². The second-order valence-corrected chi connectivity index (χ2v) is 5.55. The fraction of sp³-hybridized carbons (Fsp3) is 0.400. The van der Waals surface area contributed by atoms with Crippen LogP contribution in [0.4, 0.5) is 26.3 Å². The van der Waals surface area contributed by atoms with Gasteiger partial charge in [0.25, 0.3) is 10.1 Å². The van der Waals surface area contributed by atoms with Gasteiger partial charge >= 0.3 is 6.18 Å². The van der Waals surface area contributed by atoms with Gasteiger partial charge in [-0.25, -0.2) is 13.2 Å². The van der Waals surface area contributed by atoms with E-state index in [0.717, 1.165) is 13.8 Å². The molecule has 1 rings (SSSR count). The quantitative estimate of drug-likeness (QED) is 0.515. The van der Waals surface area contributed by atoms with Crippen molar-refractivity contribution >= 4 is 10.1 Å². The summed E-state index contributed by atoms with van der Waals surface area (Å²) in [5.41, 5.74) is -3.80. The third-order valence-electron chi connectivity index (χ3n) is 2.43. The van der Waals surface area contributed by atoms with Gasteiger partial charge in [0.05, 0.1) is 0 Å². The van der Waals surface area contributed by atoms with Gasteiger partial charge in [0.2, 0.25) is 0 Å². The zero-order chi connectivity index (χ0) is 16.0. The largest absolute Gasteiger partial charge is 0.422 e. The highest BCUT2D eigenvalue weighted by atomic mass is 32.2. The van der Waals surface area contributed by atoms with E-state index in [1.807, 2.05) is 0 Å². The fourth-order valence-electron chi connectivity index (χ4n) is 1.68. The molecule has 0 aliphatic carbocycles. The van der Waals surface area contributed by atoms with Crippen molar-refractivity contribution in [3.63, 3.8) is 0 Å². The first-order chi connectivity index (χ1) is 8.80. The van der Waals surface area contributed by atoms with Crippen LogP contribution in [0.3, 0.4) is 0 Å². The van der Waals surface area contributed by atoms with Crippen LogP contribution in [0, 0.1) is 17.5 Å². The van der Waals surface area contributed by atoms with Crippen LogP contribution < -0.4 is 0 Å². The molecule has 0 atom stereocenters. The van der Waals surface area contributed by atoms with Crippen LogP contribution in [0.15, 0.2) is 4.90 Å². The minimum Gasteiger partial charge on any atom is -0.282 e. The third kappa shape index (κ3) is 2.75. The molecule has 0 saturated carbocycles. The Hall–Kier alpha value is -1.29. The molecule has 1 aromatic rings. The predicted octanol–water partition coefficient (Wildman–Crippen LogP) is 3.49. The summed E-state index contributed by atoms with van der Waals surface area (Å²) in [6, 6.07) is 0. The molecule has 0 heterocycles. The zero-order valence-corrected chi connectivity index (χ0v) is 10.8. The van der Waals surface area contributed by atoms with E-state index in [1.54, 1.807) is 0 Å². The van der Waals surface area contributed by atoms with E-state index >= 15 is 0 Å². The smallest absolute Gasteiger partial charge is 0.282 e. The van der Waals surface area contributed by atoms with Crippen LogP contribution in [-0.4, -0.2) is 13.0 Å². The van der Waals surface area contributed by atoms with Crippen LogP contribution in [-0.2, 0) is 16.3 Å². The SMILES string of the molecule is CC(C)c1c(F)c(C(F)(F)F)c(F)c(F)c1S(=O)(=O)O. The summed E-state index contributed by atoms with van der Waals surface area (Å²) in [7, 11) is -5.44. The highest BCUT2D eigenvalue weighted by Gasteiger charge is 2.44. The van der Waals surface area contributed by atoms with Crippen molar-refractivity contribution in [3.8, 4) is 0 Å². The number of halogens is 6. The van der Waals surface area contributed by atoms with E-state index in [2.05, 4.69) is 0 Å². The molecule has 3 nitrogen and oxygen atoms in total. The number of hydrogen-bond acceptors (Lipinski definition) is 2. The Balaban J connectivity index is 4.04. The maximum atomic E-state index is 13.7. The van der Waals surface area contributed by atoms with Crippen LogP contribution >= 0.6 is 0 Å². The topological polar surface area (TPSA) is 54.4 Å². The normalized spacial score (nSPS) is 13.1. The van der Waals surface area contributed by atoms with Gasteiger partial charge in [-0.1, -0.05) is 13.8 Å². The molecule has 0 fully saturated rings. The maximum absolute atomic E-state index is 13.7. The van der Waals surface area contributed by atoms with Gasteiger partial charge in [-0.3, -0.25) is 4.55 Å². The Bertz CT molecular complexity index is 648. The Morgan fingerprint density at radius 1 is 1.00 bits per heavy atom. The molecule has 10 heteroatoms. The fourth-order valence-corrected chi connectivity index (χ4v) is 2.59. The van der Waals surface area contributed by atoms with Crippen LogP contribution in [0.2, 0.25) is 0 Å². The van der Waals surface area contributed by atoms with Gasteiger partial charge in [-0.05, 0) is 5.92 Å². The predicted molar refractivity (Wildman–Crippen MR) is 55.2 cm³/mol. The van der Waals surface area contributed by atoms with Gasteiger partial charge in [-0.15, -0.1) is 0 Å². The van der Waals surface area contributed by atoms with Gasteiger partial charge in [-0.2, -0.15) is 21.6 Å². The Labute approximate surface area is 110 Å². The minimum atomic E-state index is -5.56. The number of rotatable bonds is 2. The van der Waals surface area contributed by atoms with E-state index < -0.39 is 55.7 Å². The van der Waals surface area contributed by atoms with Crippen LogP contribution in [0.5, 0.6) is 0 Å². The lowest BCUT2D eigenvalue weighted by Gasteiger charge is -2.18. The van der Waals surface area contributed by atoms with E-state index in [9.17, 15) is 34.8 Å². The lowest BCUT2D eigenvalue weighted by Crippen LogP contribution is -2.20. The van der Waals surface area contributed by atoms with Crippen LogP contribution in [0.25, 0.3) is 0 Å². The Kier molecular flexibility index (Phi) is 4.12. The first-order valence-electron chi connectivity index (χ1n) is 5.05. The Morgan fingerprint density at radius 2 is 1.45 bits per heavy atom. The molecule has 0 spiro atoms. The maximum Gasteiger partial charge on any atom is 0.422 e. The first-order valence-corrected chi connectivity index (χ1v) is 6.49. The highest BCUT2D eigenvalue weighted by molar-refractivity contribution is 7.85. The van der Waals surface area contributed by atoms with Crippen LogP contribution in [0.1, 0.15) is 30.9 Å². The molecule has 0 aliphatic heterocycles. The van der Waals surface area contributed by atoms with E-state index in [4.69, 9.17) is 4.55 Å². The monoisotopic (exact) mass is 322 g/mol. The van der Waals surface area contributed by atoms with Crippen molar-refractivity contribution in [2.75, 3.05) is 0 Å². The van der Waals surface area contributed by atoms with Crippen molar-refractivity contribution in [1.82, 2.24) is 0 Å². The summed E-state index contributed by atoms with van der Waals surface area (Å²) in [5, 5.41) is 0. The lowest BCUT2D eigenvalue weighted by atomic mass is 9.98. The molecule has 0 radical (unpaired) electrons. The molecular formula is C10H8F6O3S. The standard InChI is InChI=1S/C10H8F6O3S/c1-3(2)4-6(11)5(10(14,15)16)7(12)8(13)9(4)20(17,18)19/h3H,1-2H3,(H,17,18,19). The molecule has 0 aromatic heterocycles. The molecule has 1 N–H and O–H groups in total. The molecule has 20 heavy (non-hydrogen) atoms. The summed E-state index contributed by atoms with van der Waals surface area (Å²) in [5.74, 6) is -8.70. The van der Waals surface area contributed by atoms with Gasteiger partial charge in [0, 0.05) is 5.56 Å². The second kappa shape index (κ2) is 4.92. The van der Waals surface area contributed by atoms with E-state index in [0.29, 0.717) is 0 Å². The molecule has 0 amide bonds. The average molecular weight is 322 g/mol. The third-order valence-corrected chi connectivity index (χ3v) is 3.35. The van der Waals surface area contributed by atoms with Gasteiger partial charge in [0.15, 0.2) is 11.6 Å². The molecule has 0 aliphatic rings. The minimum absolute atomic E-state index is 1.06. The van der Waals surface area contributed by atoms with Crippen molar-refractivity contribution in [2.24, 2.45) is 0 Å². The zero-order valence-electron chi connectivity index (χ0n) is 10.0. The van der Waals surface area contributed by atoms with Crippen molar-refractivity contribution in [3.05, 3.63) is 28.6 Å². The first kappa shape index (κ1) is 16.8. The van der Waals surface area contributed by atoms with Crippen molar-refractivity contribution in [1.29, 1.82) is 0 Å². The Morgan fingerprint density at radius 3 is 1.75 bits per heavy atom. The number of alkyl halides is 3.